The third-order valence-corrected chi connectivity index (χ3v) is 6.22. The molecule has 0 aromatic heterocycles. The lowest BCUT2D eigenvalue weighted by Gasteiger charge is -2.26. The SMILES string of the molecule is CC(C)(C)OC(=O)C(NC(=O)CNC(=O)CNC(=O)CNC(=O)OCC1c2ccccc2-c2ccccc21)C(=O)OC(C)(C)C. The van der Waals surface area contributed by atoms with Crippen LogP contribution in [0.15, 0.2) is 48.5 Å². The van der Waals surface area contributed by atoms with Crippen LogP contribution >= 0.6 is 0 Å². The van der Waals surface area contributed by atoms with Crippen LogP contribution in [-0.4, -0.2) is 79.2 Å². The van der Waals surface area contributed by atoms with E-state index in [2.05, 4.69) is 21.3 Å². The Morgan fingerprint density at radius 3 is 1.53 bits per heavy atom. The first-order valence-corrected chi connectivity index (χ1v) is 14.4. The summed E-state index contributed by atoms with van der Waals surface area (Å²) >= 11 is 0. The molecule has 3 rings (SSSR count). The molecule has 0 aliphatic heterocycles. The highest BCUT2D eigenvalue weighted by Gasteiger charge is 2.36. The number of benzene rings is 2. The minimum absolute atomic E-state index is 0.0780. The van der Waals surface area contributed by atoms with Crippen molar-refractivity contribution >= 4 is 35.8 Å². The number of fused-ring (bicyclic) bond motifs is 3. The van der Waals surface area contributed by atoms with E-state index in [9.17, 15) is 28.8 Å². The summed E-state index contributed by atoms with van der Waals surface area (Å²) in [6, 6.07) is 14.0. The quantitative estimate of drug-likeness (QED) is 0.165. The molecule has 0 heterocycles. The highest BCUT2D eigenvalue weighted by atomic mass is 16.6. The third kappa shape index (κ3) is 10.6. The van der Waals surface area contributed by atoms with Gasteiger partial charge in [0.25, 0.3) is 0 Å². The van der Waals surface area contributed by atoms with Crippen molar-refractivity contribution in [3.05, 3.63) is 59.7 Å². The van der Waals surface area contributed by atoms with E-state index in [0.29, 0.717) is 0 Å². The van der Waals surface area contributed by atoms with Gasteiger partial charge in [0.2, 0.25) is 23.8 Å². The van der Waals surface area contributed by atoms with E-state index in [1.807, 2.05) is 48.5 Å². The molecule has 0 bridgehead atoms. The van der Waals surface area contributed by atoms with E-state index in [-0.39, 0.29) is 12.5 Å². The number of rotatable bonds is 11. The van der Waals surface area contributed by atoms with Gasteiger partial charge in [0.15, 0.2) is 0 Å². The van der Waals surface area contributed by atoms with Crippen molar-refractivity contribution in [2.45, 2.75) is 64.7 Å². The van der Waals surface area contributed by atoms with E-state index in [0.717, 1.165) is 22.3 Å². The zero-order valence-electron chi connectivity index (χ0n) is 26.3. The Balaban J connectivity index is 1.39. The Hall–Kier alpha value is -4.94. The van der Waals surface area contributed by atoms with E-state index >= 15 is 0 Å². The van der Waals surface area contributed by atoms with Crippen LogP contribution in [0.1, 0.15) is 58.6 Å². The Labute approximate surface area is 261 Å². The van der Waals surface area contributed by atoms with Gasteiger partial charge in [-0.2, -0.15) is 0 Å². The molecule has 242 valence electrons. The predicted octanol–water partition coefficient (Wildman–Crippen LogP) is 1.93. The maximum atomic E-state index is 12.5. The van der Waals surface area contributed by atoms with E-state index in [1.165, 1.54) is 0 Å². The fourth-order valence-corrected chi connectivity index (χ4v) is 4.43. The van der Waals surface area contributed by atoms with Crippen LogP contribution in [0.2, 0.25) is 0 Å². The molecule has 1 aliphatic rings. The number of carbonyl (C=O) groups is 6. The summed E-state index contributed by atoms with van der Waals surface area (Å²) < 4.78 is 15.8. The van der Waals surface area contributed by atoms with Gasteiger partial charge in [0, 0.05) is 5.92 Å². The van der Waals surface area contributed by atoms with Gasteiger partial charge in [0.1, 0.15) is 24.4 Å². The number of alkyl carbamates (subject to hydrolysis) is 1. The minimum Gasteiger partial charge on any atom is -0.458 e. The Morgan fingerprint density at radius 2 is 1.07 bits per heavy atom. The zero-order valence-corrected chi connectivity index (χ0v) is 26.3. The summed E-state index contributed by atoms with van der Waals surface area (Å²) in [5, 5.41) is 9.13. The Morgan fingerprint density at radius 1 is 0.644 bits per heavy atom. The minimum atomic E-state index is -1.75. The second-order valence-corrected chi connectivity index (χ2v) is 12.3. The molecule has 2 aromatic carbocycles. The smallest absolute Gasteiger partial charge is 0.407 e. The molecule has 1 aliphatic carbocycles. The molecule has 0 saturated heterocycles. The van der Waals surface area contributed by atoms with Gasteiger partial charge < -0.3 is 35.5 Å². The fourth-order valence-electron chi connectivity index (χ4n) is 4.43. The van der Waals surface area contributed by atoms with Gasteiger partial charge in [-0.3, -0.25) is 14.4 Å². The van der Waals surface area contributed by atoms with Crippen molar-refractivity contribution in [3.63, 3.8) is 0 Å². The largest absolute Gasteiger partial charge is 0.458 e. The van der Waals surface area contributed by atoms with Gasteiger partial charge in [-0.25, -0.2) is 14.4 Å². The summed E-state index contributed by atoms with van der Waals surface area (Å²) in [6.07, 6.45) is -0.794. The number of amides is 4. The Bertz CT molecular complexity index is 1370. The van der Waals surface area contributed by atoms with Crippen molar-refractivity contribution in [3.8, 4) is 11.1 Å². The molecule has 13 nitrogen and oxygen atoms in total. The first kappa shape index (κ1) is 34.5. The van der Waals surface area contributed by atoms with Gasteiger partial charge >= 0.3 is 18.0 Å². The monoisotopic (exact) mass is 624 g/mol. The maximum absolute atomic E-state index is 12.5. The molecule has 4 amide bonds. The molecule has 2 aromatic rings. The standard InChI is InChI=1S/C32H40N4O9/c1-31(2,3)44-28(40)27(29(41)45-32(4,5)6)36-26(39)17-34-24(37)15-33-25(38)16-35-30(42)43-18-23-21-13-9-7-11-19(21)20-12-8-10-14-22(20)23/h7-14,23,27H,15-18H2,1-6H3,(H,33,38)(H,34,37)(H,35,42)(H,36,39). The summed E-state index contributed by atoms with van der Waals surface area (Å²) in [7, 11) is 0. The highest BCUT2D eigenvalue weighted by molar-refractivity contribution is 6.03. The van der Waals surface area contributed by atoms with Gasteiger partial charge in [-0.1, -0.05) is 48.5 Å². The molecule has 0 saturated carbocycles. The molecule has 0 radical (unpaired) electrons. The van der Waals surface area contributed by atoms with E-state index in [1.54, 1.807) is 41.5 Å². The van der Waals surface area contributed by atoms with Crippen LogP contribution in [0.4, 0.5) is 4.79 Å². The second kappa shape index (κ2) is 14.7. The molecule has 4 N–H and O–H groups in total. The number of ether oxygens (including phenoxy) is 3. The third-order valence-electron chi connectivity index (χ3n) is 6.22. The second-order valence-electron chi connectivity index (χ2n) is 12.3. The van der Waals surface area contributed by atoms with Gasteiger partial charge in [-0.05, 0) is 63.8 Å². The average molecular weight is 625 g/mol. The molecule has 0 fully saturated rings. The number of esters is 2. The van der Waals surface area contributed by atoms with Crippen molar-refractivity contribution in [1.82, 2.24) is 21.3 Å². The van der Waals surface area contributed by atoms with Crippen LogP contribution in [0.25, 0.3) is 11.1 Å². The molecule has 0 spiro atoms. The lowest BCUT2D eigenvalue weighted by Crippen LogP contribution is -2.53. The average Bonchev–Trinajstić information content (AvgIpc) is 3.27. The molecule has 45 heavy (non-hydrogen) atoms. The molecule has 0 atom stereocenters. The molecular weight excluding hydrogens is 584 g/mol. The maximum Gasteiger partial charge on any atom is 0.407 e. The van der Waals surface area contributed by atoms with Crippen LogP contribution in [-0.2, 0) is 38.2 Å². The lowest BCUT2D eigenvalue weighted by atomic mass is 9.98. The van der Waals surface area contributed by atoms with Crippen molar-refractivity contribution in [1.29, 1.82) is 0 Å². The number of hydrogen-bond acceptors (Lipinski definition) is 9. The topological polar surface area (TPSA) is 178 Å². The predicted molar refractivity (Wildman–Crippen MR) is 163 cm³/mol. The first-order chi connectivity index (χ1) is 21.0. The Kier molecular flexibility index (Phi) is 11.3. The lowest BCUT2D eigenvalue weighted by molar-refractivity contribution is -0.171. The van der Waals surface area contributed by atoms with Crippen LogP contribution in [0.5, 0.6) is 0 Å². The normalized spacial score (nSPS) is 12.3. The van der Waals surface area contributed by atoms with Crippen LogP contribution in [0.3, 0.4) is 0 Å². The number of hydrogen-bond donors (Lipinski definition) is 4. The summed E-state index contributed by atoms with van der Waals surface area (Å²) in [5.74, 6) is -4.45. The molecule has 13 heteroatoms. The highest BCUT2D eigenvalue weighted by Crippen LogP contribution is 2.44. The van der Waals surface area contributed by atoms with Gasteiger partial charge in [0.05, 0.1) is 13.1 Å². The fraction of sp³-hybridized carbons (Fsp3) is 0.438. The van der Waals surface area contributed by atoms with Crippen LogP contribution < -0.4 is 21.3 Å². The number of nitrogens with one attached hydrogen (secondary N) is 4. The van der Waals surface area contributed by atoms with Crippen molar-refractivity contribution in [2.75, 3.05) is 26.2 Å². The zero-order chi connectivity index (χ0) is 33.4. The summed E-state index contributed by atoms with van der Waals surface area (Å²) in [4.78, 5) is 74.1. The summed E-state index contributed by atoms with van der Waals surface area (Å²) in [6.45, 7) is 8.12. The van der Waals surface area contributed by atoms with Crippen LogP contribution in [0, 0.1) is 0 Å². The summed E-state index contributed by atoms with van der Waals surface area (Å²) in [5.41, 5.74) is 2.40. The van der Waals surface area contributed by atoms with Crippen molar-refractivity contribution in [2.24, 2.45) is 0 Å². The molecule has 0 unspecified atom stereocenters. The first-order valence-electron chi connectivity index (χ1n) is 14.4. The number of carbonyl (C=O) groups excluding carboxylic acids is 6. The van der Waals surface area contributed by atoms with E-state index in [4.69, 9.17) is 14.2 Å². The molecular formula is C32H40N4O9. The van der Waals surface area contributed by atoms with Gasteiger partial charge in [-0.15, -0.1) is 0 Å². The van der Waals surface area contributed by atoms with E-state index < -0.39 is 72.6 Å². The van der Waals surface area contributed by atoms with Crippen molar-refractivity contribution < 1.29 is 43.0 Å².